The van der Waals surface area contributed by atoms with E-state index in [4.69, 9.17) is 0 Å². The Hall–Kier alpha value is -0.160. The highest BCUT2D eigenvalue weighted by atomic mass is 79.9. The fraction of sp³-hybridized carbons (Fsp3) is 0.429. The number of hydrogen-bond acceptors (Lipinski definition) is 3. The normalized spacial score (nSPS) is 16.6. The number of hydrogen-bond donors (Lipinski definition) is 1. The van der Waals surface area contributed by atoms with Gasteiger partial charge in [-0.15, -0.1) is 22.7 Å². The maximum atomic E-state index is 3.65. The number of rotatable bonds is 3. The minimum absolute atomic E-state index is 0.343. The molecule has 2 aromatic heterocycles. The molecule has 2 aromatic rings. The molecule has 0 saturated carbocycles. The first-order chi connectivity index (χ1) is 8.79. The largest absolute Gasteiger partial charge is 0.308 e. The molecule has 0 fully saturated rings. The summed E-state index contributed by atoms with van der Waals surface area (Å²) in [6.07, 6.45) is 5.27. The lowest BCUT2D eigenvalue weighted by molar-refractivity contribution is 0.693. The van der Waals surface area contributed by atoms with Gasteiger partial charge in [0.2, 0.25) is 0 Å². The summed E-state index contributed by atoms with van der Waals surface area (Å²) < 4.78 is 1.22. The van der Waals surface area contributed by atoms with Crippen LogP contribution in [0.5, 0.6) is 0 Å². The molecule has 0 radical (unpaired) electrons. The standard InChI is InChI=1S/C14H16BrNS2/c1-16-13(14-10(15)6-7-17-14)12-8-9-4-2-3-5-11(9)18-12/h6-8,13,16H,2-5H2,1H3. The fourth-order valence-corrected chi connectivity index (χ4v) is 5.75. The van der Waals surface area contributed by atoms with Crippen LogP contribution >= 0.6 is 38.6 Å². The summed E-state index contributed by atoms with van der Waals surface area (Å²) in [6, 6.07) is 4.90. The molecule has 0 aliphatic heterocycles. The quantitative estimate of drug-likeness (QED) is 0.848. The molecule has 1 aliphatic rings. The Kier molecular flexibility index (Phi) is 3.89. The predicted molar refractivity (Wildman–Crippen MR) is 83.9 cm³/mol. The Bertz CT molecular complexity index is 520. The van der Waals surface area contributed by atoms with E-state index in [0.29, 0.717) is 6.04 Å². The van der Waals surface area contributed by atoms with Crippen molar-refractivity contribution in [3.63, 3.8) is 0 Å². The zero-order chi connectivity index (χ0) is 12.5. The van der Waals surface area contributed by atoms with Crippen LogP contribution in [0.15, 0.2) is 22.0 Å². The Labute approximate surface area is 124 Å². The molecule has 1 unspecified atom stereocenters. The summed E-state index contributed by atoms with van der Waals surface area (Å²) >= 11 is 7.47. The number of nitrogens with one attached hydrogen (secondary N) is 1. The Balaban J connectivity index is 1.97. The van der Waals surface area contributed by atoms with Gasteiger partial charge < -0.3 is 5.32 Å². The Morgan fingerprint density at radius 3 is 2.83 bits per heavy atom. The fourth-order valence-electron chi connectivity index (χ4n) is 2.57. The van der Waals surface area contributed by atoms with E-state index in [1.807, 2.05) is 22.7 Å². The molecular formula is C14H16BrNS2. The van der Waals surface area contributed by atoms with Gasteiger partial charge in [0.25, 0.3) is 0 Å². The van der Waals surface area contributed by atoms with Crippen LogP contribution in [-0.2, 0) is 12.8 Å². The van der Waals surface area contributed by atoms with E-state index in [0.717, 1.165) is 0 Å². The second kappa shape index (κ2) is 5.45. The van der Waals surface area contributed by atoms with Crippen LogP contribution in [0.25, 0.3) is 0 Å². The molecule has 2 heterocycles. The highest BCUT2D eigenvalue weighted by Gasteiger charge is 2.21. The van der Waals surface area contributed by atoms with Crippen LogP contribution in [0, 0.1) is 0 Å². The third-order valence-electron chi connectivity index (χ3n) is 3.50. The van der Waals surface area contributed by atoms with Crippen molar-refractivity contribution in [3.8, 4) is 0 Å². The Morgan fingerprint density at radius 1 is 1.33 bits per heavy atom. The van der Waals surface area contributed by atoms with Crippen molar-refractivity contribution in [3.05, 3.63) is 42.2 Å². The second-order valence-corrected chi connectivity index (χ2v) is 7.63. The highest BCUT2D eigenvalue weighted by molar-refractivity contribution is 9.10. The summed E-state index contributed by atoms with van der Waals surface area (Å²) in [7, 11) is 2.05. The molecule has 1 N–H and O–H groups in total. The summed E-state index contributed by atoms with van der Waals surface area (Å²) in [5.41, 5.74) is 1.59. The lowest BCUT2D eigenvalue weighted by Gasteiger charge is -2.13. The third kappa shape index (κ3) is 2.31. The molecule has 0 amide bonds. The molecular weight excluding hydrogens is 326 g/mol. The summed E-state index contributed by atoms with van der Waals surface area (Å²) in [5.74, 6) is 0. The van der Waals surface area contributed by atoms with E-state index in [-0.39, 0.29) is 0 Å². The topological polar surface area (TPSA) is 12.0 Å². The van der Waals surface area contributed by atoms with E-state index in [1.54, 1.807) is 10.4 Å². The van der Waals surface area contributed by atoms with E-state index in [2.05, 4.69) is 45.8 Å². The number of fused-ring (bicyclic) bond motifs is 1. The lowest BCUT2D eigenvalue weighted by Crippen LogP contribution is -2.15. The van der Waals surface area contributed by atoms with E-state index in [9.17, 15) is 0 Å². The average Bonchev–Trinajstić information content (AvgIpc) is 2.97. The van der Waals surface area contributed by atoms with E-state index < -0.39 is 0 Å². The van der Waals surface area contributed by atoms with Gasteiger partial charge >= 0.3 is 0 Å². The van der Waals surface area contributed by atoms with Crippen molar-refractivity contribution in [1.82, 2.24) is 5.32 Å². The molecule has 96 valence electrons. The molecule has 1 aliphatic carbocycles. The van der Waals surface area contributed by atoms with Crippen molar-refractivity contribution < 1.29 is 0 Å². The summed E-state index contributed by atoms with van der Waals surface area (Å²) in [6.45, 7) is 0. The number of halogens is 1. The molecule has 0 saturated heterocycles. The van der Waals surface area contributed by atoms with Gasteiger partial charge in [-0.3, -0.25) is 0 Å². The van der Waals surface area contributed by atoms with Crippen LogP contribution in [0.2, 0.25) is 0 Å². The summed E-state index contributed by atoms with van der Waals surface area (Å²) in [4.78, 5) is 4.47. The van der Waals surface area contributed by atoms with Crippen molar-refractivity contribution in [2.24, 2.45) is 0 Å². The van der Waals surface area contributed by atoms with Crippen molar-refractivity contribution in [2.45, 2.75) is 31.7 Å². The molecule has 1 atom stereocenters. The SMILES string of the molecule is CNC(c1cc2c(s1)CCCC2)c1sccc1Br. The van der Waals surface area contributed by atoms with Crippen LogP contribution in [0.3, 0.4) is 0 Å². The van der Waals surface area contributed by atoms with Crippen molar-refractivity contribution in [1.29, 1.82) is 0 Å². The van der Waals surface area contributed by atoms with Crippen molar-refractivity contribution in [2.75, 3.05) is 7.05 Å². The van der Waals surface area contributed by atoms with Crippen LogP contribution in [0.1, 0.15) is 39.1 Å². The highest BCUT2D eigenvalue weighted by Crippen LogP contribution is 2.39. The van der Waals surface area contributed by atoms with Gasteiger partial charge in [0.05, 0.1) is 6.04 Å². The van der Waals surface area contributed by atoms with Gasteiger partial charge in [-0.05, 0) is 71.7 Å². The molecule has 1 nitrogen and oxygen atoms in total. The first kappa shape index (κ1) is 12.9. The molecule has 0 aromatic carbocycles. The molecule has 0 bridgehead atoms. The van der Waals surface area contributed by atoms with Crippen molar-refractivity contribution >= 4 is 38.6 Å². The zero-order valence-corrected chi connectivity index (χ0v) is 13.6. The third-order valence-corrected chi connectivity index (χ3v) is 6.73. The minimum Gasteiger partial charge on any atom is -0.308 e. The minimum atomic E-state index is 0.343. The first-order valence-electron chi connectivity index (χ1n) is 6.31. The lowest BCUT2D eigenvalue weighted by atomic mass is 9.99. The zero-order valence-electron chi connectivity index (χ0n) is 10.3. The van der Waals surface area contributed by atoms with Crippen LogP contribution < -0.4 is 5.32 Å². The van der Waals surface area contributed by atoms with Gasteiger partial charge in [-0.1, -0.05) is 0 Å². The van der Waals surface area contributed by atoms with Crippen LogP contribution in [-0.4, -0.2) is 7.05 Å². The predicted octanol–water partition coefficient (Wildman–Crippen LogP) is 4.76. The average molecular weight is 342 g/mol. The molecule has 4 heteroatoms. The van der Waals surface area contributed by atoms with Gasteiger partial charge in [-0.2, -0.15) is 0 Å². The van der Waals surface area contributed by atoms with Gasteiger partial charge in [0, 0.05) is 19.1 Å². The summed E-state index contributed by atoms with van der Waals surface area (Å²) in [5, 5.41) is 5.61. The molecule has 3 rings (SSSR count). The second-order valence-electron chi connectivity index (χ2n) is 4.66. The monoisotopic (exact) mass is 341 g/mol. The Morgan fingerprint density at radius 2 is 2.17 bits per heavy atom. The number of thiophene rings is 2. The molecule has 0 spiro atoms. The van der Waals surface area contributed by atoms with E-state index >= 15 is 0 Å². The maximum Gasteiger partial charge on any atom is 0.0774 e. The smallest absolute Gasteiger partial charge is 0.0774 e. The van der Waals surface area contributed by atoms with E-state index in [1.165, 1.54) is 39.9 Å². The maximum absolute atomic E-state index is 3.65. The van der Waals surface area contributed by atoms with Gasteiger partial charge in [0.15, 0.2) is 0 Å². The van der Waals surface area contributed by atoms with Gasteiger partial charge in [0.1, 0.15) is 0 Å². The van der Waals surface area contributed by atoms with Gasteiger partial charge in [-0.25, -0.2) is 0 Å². The van der Waals surface area contributed by atoms with Crippen LogP contribution in [0.4, 0.5) is 0 Å². The molecule has 18 heavy (non-hydrogen) atoms. The number of aryl methyl sites for hydroxylation is 2. The first-order valence-corrected chi connectivity index (χ1v) is 8.80.